The van der Waals surface area contributed by atoms with Gasteiger partial charge in [0, 0.05) is 18.5 Å². The topological polar surface area (TPSA) is 106 Å². The van der Waals surface area contributed by atoms with Crippen LogP contribution in [0.5, 0.6) is 5.75 Å². The van der Waals surface area contributed by atoms with Crippen molar-refractivity contribution >= 4 is 33.9 Å². The molecule has 2 aromatic heterocycles. The number of thiophene rings is 1. The first-order chi connectivity index (χ1) is 14.7. The number of amides is 2. The first kappa shape index (κ1) is 19.6. The molecule has 2 aromatic carbocycles. The Labute approximate surface area is 175 Å². The molecule has 4 aromatic rings. The number of hydrogen-bond acceptors (Lipinski definition) is 7. The van der Waals surface area contributed by atoms with Crippen LogP contribution in [0.25, 0.3) is 21.5 Å². The van der Waals surface area contributed by atoms with Crippen molar-refractivity contribution in [2.24, 2.45) is 0 Å². The molecule has 9 heteroatoms. The quantitative estimate of drug-likeness (QED) is 0.423. The van der Waals surface area contributed by atoms with Gasteiger partial charge < -0.3 is 19.9 Å². The monoisotopic (exact) mass is 422 g/mol. The van der Waals surface area contributed by atoms with Crippen molar-refractivity contribution in [3.8, 4) is 16.5 Å². The Morgan fingerprint density at radius 3 is 2.70 bits per heavy atom. The highest BCUT2D eigenvalue weighted by Crippen LogP contribution is 2.25. The van der Waals surface area contributed by atoms with E-state index in [1.54, 1.807) is 0 Å². The van der Waals surface area contributed by atoms with Crippen LogP contribution in [0.1, 0.15) is 10.7 Å². The fraction of sp³-hybridized carbons (Fsp3) is 0.143. The summed E-state index contributed by atoms with van der Waals surface area (Å²) in [5.74, 6) is 0.119. The van der Waals surface area contributed by atoms with E-state index in [4.69, 9.17) is 9.26 Å². The first-order valence-corrected chi connectivity index (χ1v) is 10.1. The van der Waals surface area contributed by atoms with Crippen molar-refractivity contribution in [1.82, 2.24) is 20.8 Å². The Morgan fingerprint density at radius 2 is 1.83 bits per heavy atom. The van der Waals surface area contributed by atoms with E-state index in [1.807, 2.05) is 60.0 Å². The van der Waals surface area contributed by atoms with Gasteiger partial charge in [0.15, 0.2) is 6.61 Å². The molecule has 0 atom stereocenters. The van der Waals surface area contributed by atoms with Gasteiger partial charge in [-0.2, -0.15) is 4.98 Å². The average Bonchev–Trinajstić information content (AvgIpc) is 3.47. The Hall–Kier alpha value is -3.72. The highest BCUT2D eigenvalue weighted by atomic mass is 32.1. The number of ether oxygens (including phenoxy) is 1. The lowest BCUT2D eigenvalue weighted by molar-refractivity contribution is -0.123. The predicted octanol–water partition coefficient (Wildman–Crippen LogP) is 2.88. The normalized spacial score (nSPS) is 10.7. The summed E-state index contributed by atoms with van der Waals surface area (Å²) in [5, 5.41) is 13.0. The number of fused-ring (bicyclic) bond motifs is 1. The van der Waals surface area contributed by atoms with Crippen LogP contribution >= 0.6 is 11.3 Å². The second-order valence-electron chi connectivity index (χ2n) is 6.27. The molecule has 2 heterocycles. The number of carbonyl (C=O) groups is 2. The molecule has 0 spiro atoms. The van der Waals surface area contributed by atoms with Crippen LogP contribution in [-0.2, 0) is 4.79 Å². The molecule has 0 aliphatic heterocycles. The van der Waals surface area contributed by atoms with E-state index in [1.165, 1.54) is 11.3 Å². The zero-order chi connectivity index (χ0) is 20.8. The van der Waals surface area contributed by atoms with Crippen molar-refractivity contribution in [3.63, 3.8) is 0 Å². The Balaban J connectivity index is 1.20. The number of nitrogens with one attached hydrogen (secondary N) is 2. The molecule has 0 radical (unpaired) electrons. The number of rotatable bonds is 8. The van der Waals surface area contributed by atoms with Gasteiger partial charge in [0.25, 0.3) is 5.91 Å². The summed E-state index contributed by atoms with van der Waals surface area (Å²) >= 11 is 1.45. The lowest BCUT2D eigenvalue weighted by atomic mass is 10.1. The fourth-order valence-electron chi connectivity index (χ4n) is 2.79. The largest absolute Gasteiger partial charge is 0.483 e. The van der Waals surface area contributed by atoms with Crippen molar-refractivity contribution in [1.29, 1.82) is 0 Å². The van der Waals surface area contributed by atoms with E-state index in [9.17, 15) is 9.59 Å². The maximum atomic E-state index is 12.1. The third-order valence-corrected chi connectivity index (χ3v) is 5.07. The van der Waals surface area contributed by atoms with Gasteiger partial charge in [-0.3, -0.25) is 9.59 Å². The summed E-state index contributed by atoms with van der Waals surface area (Å²) in [6.07, 6.45) is 0. The van der Waals surface area contributed by atoms with Crippen LogP contribution in [0.4, 0.5) is 0 Å². The second kappa shape index (κ2) is 9.19. The SMILES string of the molecule is O=C(COc1cccc2ccccc12)NCCNC(=O)c1nc(-c2cccs2)no1. The van der Waals surface area contributed by atoms with Crippen LogP contribution in [0.3, 0.4) is 0 Å². The summed E-state index contributed by atoms with van der Waals surface area (Å²) in [6, 6.07) is 17.2. The number of hydrogen-bond donors (Lipinski definition) is 2. The lowest BCUT2D eigenvalue weighted by Crippen LogP contribution is -2.36. The van der Waals surface area contributed by atoms with Gasteiger partial charge >= 0.3 is 11.8 Å². The maximum absolute atomic E-state index is 12.1. The highest BCUT2D eigenvalue weighted by molar-refractivity contribution is 7.13. The van der Waals surface area contributed by atoms with Gasteiger partial charge in [-0.15, -0.1) is 11.3 Å². The highest BCUT2D eigenvalue weighted by Gasteiger charge is 2.16. The zero-order valence-electron chi connectivity index (χ0n) is 15.8. The van der Waals surface area contributed by atoms with E-state index >= 15 is 0 Å². The van der Waals surface area contributed by atoms with Gasteiger partial charge in [-0.25, -0.2) is 0 Å². The number of benzene rings is 2. The first-order valence-electron chi connectivity index (χ1n) is 9.24. The van der Waals surface area contributed by atoms with Gasteiger partial charge in [-0.1, -0.05) is 47.6 Å². The molecule has 30 heavy (non-hydrogen) atoms. The Kier molecular flexibility index (Phi) is 6.00. The van der Waals surface area contributed by atoms with Crippen molar-refractivity contribution < 1.29 is 18.8 Å². The molecule has 0 saturated carbocycles. The van der Waals surface area contributed by atoms with Crippen LogP contribution in [0.2, 0.25) is 0 Å². The molecule has 0 bridgehead atoms. The number of nitrogens with zero attached hydrogens (tertiary/aromatic N) is 2. The van der Waals surface area contributed by atoms with E-state index in [2.05, 4.69) is 20.8 Å². The molecule has 2 amide bonds. The minimum absolute atomic E-state index is 0.115. The van der Waals surface area contributed by atoms with Gasteiger partial charge in [0.1, 0.15) is 5.75 Å². The molecule has 4 rings (SSSR count). The predicted molar refractivity (Wildman–Crippen MR) is 112 cm³/mol. The van der Waals surface area contributed by atoms with Crippen molar-refractivity contribution in [2.75, 3.05) is 19.7 Å². The van der Waals surface area contributed by atoms with E-state index in [0.717, 1.165) is 15.6 Å². The fourth-order valence-corrected chi connectivity index (χ4v) is 3.44. The molecular weight excluding hydrogens is 404 g/mol. The molecule has 0 aliphatic rings. The molecule has 2 N–H and O–H groups in total. The molecule has 0 aliphatic carbocycles. The summed E-state index contributed by atoms with van der Waals surface area (Å²) in [6.45, 7) is 0.348. The van der Waals surface area contributed by atoms with Crippen LogP contribution in [-0.4, -0.2) is 41.7 Å². The van der Waals surface area contributed by atoms with E-state index in [0.29, 0.717) is 11.6 Å². The summed E-state index contributed by atoms with van der Waals surface area (Å²) < 4.78 is 10.6. The minimum atomic E-state index is -0.494. The van der Waals surface area contributed by atoms with Crippen molar-refractivity contribution in [3.05, 3.63) is 65.9 Å². The van der Waals surface area contributed by atoms with E-state index in [-0.39, 0.29) is 31.5 Å². The average molecular weight is 422 g/mol. The zero-order valence-corrected chi connectivity index (χ0v) is 16.6. The van der Waals surface area contributed by atoms with Crippen LogP contribution < -0.4 is 15.4 Å². The standard InChI is InChI=1S/C21H18N4O4S/c26-18(13-28-16-8-3-6-14-5-1-2-7-15(14)16)22-10-11-23-20(27)21-24-19(25-29-21)17-9-4-12-30-17/h1-9,12H,10-11,13H2,(H,22,26)(H,23,27). The summed E-state index contributed by atoms with van der Waals surface area (Å²) in [7, 11) is 0. The molecule has 152 valence electrons. The number of aromatic nitrogens is 2. The summed E-state index contributed by atoms with van der Waals surface area (Å²) in [5.41, 5.74) is 0. The maximum Gasteiger partial charge on any atom is 0.316 e. The molecular formula is C21H18N4O4S. The third kappa shape index (κ3) is 4.64. The van der Waals surface area contributed by atoms with Gasteiger partial charge in [0.2, 0.25) is 5.82 Å². The second-order valence-corrected chi connectivity index (χ2v) is 7.22. The van der Waals surface area contributed by atoms with Gasteiger partial charge in [0.05, 0.1) is 4.88 Å². The Morgan fingerprint density at radius 1 is 1.00 bits per heavy atom. The number of carbonyl (C=O) groups excluding carboxylic acids is 2. The molecule has 0 fully saturated rings. The van der Waals surface area contributed by atoms with Crippen LogP contribution in [0.15, 0.2) is 64.5 Å². The van der Waals surface area contributed by atoms with E-state index < -0.39 is 5.91 Å². The molecule has 8 nitrogen and oxygen atoms in total. The van der Waals surface area contributed by atoms with Crippen molar-refractivity contribution in [2.45, 2.75) is 0 Å². The summed E-state index contributed by atoms with van der Waals surface area (Å²) in [4.78, 5) is 29.0. The molecule has 0 unspecified atom stereocenters. The van der Waals surface area contributed by atoms with Gasteiger partial charge in [-0.05, 0) is 22.9 Å². The van der Waals surface area contributed by atoms with Crippen LogP contribution in [0, 0.1) is 0 Å². The minimum Gasteiger partial charge on any atom is -0.483 e. The lowest BCUT2D eigenvalue weighted by Gasteiger charge is -2.10. The Bertz CT molecular complexity index is 1150. The smallest absolute Gasteiger partial charge is 0.316 e. The molecule has 0 saturated heterocycles. The third-order valence-electron chi connectivity index (χ3n) is 4.20.